The predicted octanol–water partition coefficient (Wildman–Crippen LogP) is 2.33. The molecule has 1 unspecified atom stereocenters. The first-order chi connectivity index (χ1) is 8.13. The van der Waals surface area contributed by atoms with Crippen molar-refractivity contribution in [3.8, 4) is 0 Å². The summed E-state index contributed by atoms with van der Waals surface area (Å²) in [6.07, 6.45) is 1.35. The molecular weight excluding hydrogens is 214 g/mol. The minimum Gasteiger partial charge on any atom is -0.388 e. The quantitative estimate of drug-likeness (QED) is 0.795. The van der Waals surface area contributed by atoms with Gasteiger partial charge in [-0.15, -0.1) is 0 Å². The zero-order chi connectivity index (χ0) is 12.7. The number of benzene rings is 1. The summed E-state index contributed by atoms with van der Waals surface area (Å²) in [5.41, 5.74) is 2.11. The summed E-state index contributed by atoms with van der Waals surface area (Å²) in [6.45, 7) is 4.59. The van der Waals surface area contributed by atoms with Crippen LogP contribution in [0.3, 0.4) is 0 Å². The van der Waals surface area contributed by atoms with E-state index >= 15 is 0 Å². The van der Waals surface area contributed by atoms with Crippen LogP contribution in [-0.4, -0.2) is 17.6 Å². The van der Waals surface area contributed by atoms with Crippen LogP contribution in [0.2, 0.25) is 0 Å². The van der Waals surface area contributed by atoms with Gasteiger partial charge in [-0.05, 0) is 32.3 Å². The van der Waals surface area contributed by atoms with E-state index in [0.29, 0.717) is 25.8 Å². The van der Waals surface area contributed by atoms with E-state index in [1.165, 1.54) is 5.56 Å². The van der Waals surface area contributed by atoms with E-state index in [4.69, 9.17) is 0 Å². The lowest BCUT2D eigenvalue weighted by atomic mass is 10.0. The molecule has 1 atom stereocenters. The van der Waals surface area contributed by atoms with Crippen LogP contribution in [0, 0.1) is 6.92 Å². The first-order valence-corrected chi connectivity index (χ1v) is 6.14. The Morgan fingerprint density at radius 1 is 1.35 bits per heavy atom. The van der Waals surface area contributed by atoms with Crippen LogP contribution in [0.15, 0.2) is 24.3 Å². The highest BCUT2D eigenvalue weighted by Crippen LogP contribution is 2.19. The van der Waals surface area contributed by atoms with Gasteiger partial charge < -0.3 is 10.4 Å². The standard InChI is InChI=1S/C14H21NO2/c1-3-15-14(17)6-4-5-13(16)12-9-7-11(2)8-10-12/h7-10,13,16H,3-6H2,1-2H3,(H,15,17). The second kappa shape index (κ2) is 7.07. The van der Waals surface area contributed by atoms with Gasteiger partial charge >= 0.3 is 0 Å². The highest BCUT2D eigenvalue weighted by Gasteiger charge is 2.08. The second-order valence-corrected chi connectivity index (χ2v) is 4.27. The first-order valence-electron chi connectivity index (χ1n) is 6.14. The maximum atomic E-state index is 11.2. The third-order valence-corrected chi connectivity index (χ3v) is 2.72. The lowest BCUT2D eigenvalue weighted by Crippen LogP contribution is -2.22. The second-order valence-electron chi connectivity index (χ2n) is 4.27. The number of hydrogen-bond donors (Lipinski definition) is 2. The van der Waals surface area contributed by atoms with E-state index in [-0.39, 0.29) is 5.91 Å². The maximum absolute atomic E-state index is 11.2. The predicted molar refractivity (Wildman–Crippen MR) is 68.7 cm³/mol. The number of aryl methyl sites for hydroxylation is 1. The zero-order valence-corrected chi connectivity index (χ0v) is 10.6. The minimum atomic E-state index is -0.468. The van der Waals surface area contributed by atoms with Crippen molar-refractivity contribution in [3.63, 3.8) is 0 Å². The molecule has 1 aromatic carbocycles. The summed E-state index contributed by atoms with van der Waals surface area (Å²) in [7, 11) is 0. The summed E-state index contributed by atoms with van der Waals surface area (Å²) in [6, 6.07) is 7.85. The highest BCUT2D eigenvalue weighted by atomic mass is 16.3. The number of rotatable bonds is 6. The van der Waals surface area contributed by atoms with Gasteiger partial charge in [-0.25, -0.2) is 0 Å². The van der Waals surface area contributed by atoms with E-state index in [2.05, 4.69) is 5.32 Å². The molecule has 1 amide bonds. The van der Waals surface area contributed by atoms with Gasteiger partial charge in [0.2, 0.25) is 5.91 Å². The van der Waals surface area contributed by atoms with Gasteiger partial charge in [0.15, 0.2) is 0 Å². The number of carbonyl (C=O) groups excluding carboxylic acids is 1. The molecular formula is C14H21NO2. The van der Waals surface area contributed by atoms with Crippen molar-refractivity contribution in [2.45, 2.75) is 39.2 Å². The Kier molecular flexibility index (Phi) is 5.70. The van der Waals surface area contributed by atoms with Crippen LogP contribution in [0.4, 0.5) is 0 Å². The third kappa shape index (κ3) is 5.00. The molecule has 0 aliphatic rings. The molecule has 0 saturated heterocycles. The molecule has 0 radical (unpaired) electrons. The minimum absolute atomic E-state index is 0.0589. The monoisotopic (exact) mass is 235 g/mol. The van der Waals surface area contributed by atoms with E-state index in [9.17, 15) is 9.90 Å². The number of aliphatic hydroxyl groups excluding tert-OH is 1. The highest BCUT2D eigenvalue weighted by molar-refractivity contribution is 5.75. The molecule has 0 heterocycles. The molecule has 17 heavy (non-hydrogen) atoms. The molecule has 0 saturated carbocycles. The van der Waals surface area contributed by atoms with Crippen molar-refractivity contribution in [1.82, 2.24) is 5.32 Å². The van der Waals surface area contributed by atoms with Gasteiger partial charge in [-0.1, -0.05) is 29.8 Å². The molecule has 0 spiro atoms. The molecule has 0 aliphatic carbocycles. The number of hydrogen-bond acceptors (Lipinski definition) is 2. The molecule has 3 heteroatoms. The number of amides is 1. The fraction of sp³-hybridized carbons (Fsp3) is 0.500. The van der Waals surface area contributed by atoms with Crippen molar-refractivity contribution in [2.24, 2.45) is 0 Å². The van der Waals surface area contributed by atoms with E-state index in [1.807, 2.05) is 38.1 Å². The van der Waals surface area contributed by atoms with Crippen LogP contribution >= 0.6 is 0 Å². The maximum Gasteiger partial charge on any atom is 0.219 e. The van der Waals surface area contributed by atoms with Gasteiger partial charge in [-0.3, -0.25) is 4.79 Å². The number of nitrogens with one attached hydrogen (secondary N) is 1. The largest absolute Gasteiger partial charge is 0.388 e. The first kappa shape index (κ1) is 13.7. The van der Waals surface area contributed by atoms with Gasteiger partial charge in [0.05, 0.1) is 6.10 Å². The molecule has 94 valence electrons. The Morgan fingerprint density at radius 2 is 2.00 bits per heavy atom. The Balaban J connectivity index is 2.32. The fourth-order valence-corrected chi connectivity index (χ4v) is 1.70. The molecule has 0 bridgehead atoms. The number of aliphatic hydroxyl groups is 1. The average Bonchev–Trinajstić information content (AvgIpc) is 2.30. The summed E-state index contributed by atoms with van der Waals surface area (Å²) < 4.78 is 0. The van der Waals surface area contributed by atoms with E-state index < -0.39 is 6.10 Å². The van der Waals surface area contributed by atoms with Crippen LogP contribution in [0.5, 0.6) is 0 Å². The molecule has 1 rings (SSSR count). The average molecular weight is 235 g/mol. The number of carbonyl (C=O) groups is 1. The van der Waals surface area contributed by atoms with Crippen molar-refractivity contribution in [2.75, 3.05) is 6.54 Å². The molecule has 0 fully saturated rings. The van der Waals surface area contributed by atoms with Crippen molar-refractivity contribution in [1.29, 1.82) is 0 Å². The fourth-order valence-electron chi connectivity index (χ4n) is 1.70. The van der Waals surface area contributed by atoms with Crippen molar-refractivity contribution in [3.05, 3.63) is 35.4 Å². The van der Waals surface area contributed by atoms with Gasteiger partial charge in [0.25, 0.3) is 0 Å². The molecule has 2 N–H and O–H groups in total. The zero-order valence-electron chi connectivity index (χ0n) is 10.6. The Morgan fingerprint density at radius 3 is 2.59 bits per heavy atom. The van der Waals surface area contributed by atoms with Crippen LogP contribution in [0.25, 0.3) is 0 Å². The SMILES string of the molecule is CCNC(=O)CCCC(O)c1ccc(C)cc1. The van der Waals surface area contributed by atoms with Crippen LogP contribution in [-0.2, 0) is 4.79 Å². The third-order valence-electron chi connectivity index (χ3n) is 2.72. The lowest BCUT2D eigenvalue weighted by Gasteiger charge is -2.11. The van der Waals surface area contributed by atoms with Crippen LogP contribution in [0.1, 0.15) is 43.4 Å². The van der Waals surface area contributed by atoms with E-state index in [0.717, 1.165) is 5.56 Å². The summed E-state index contributed by atoms with van der Waals surface area (Å²) in [5.74, 6) is 0.0589. The smallest absolute Gasteiger partial charge is 0.219 e. The normalized spacial score (nSPS) is 12.2. The van der Waals surface area contributed by atoms with Crippen LogP contribution < -0.4 is 5.32 Å². The molecule has 0 aromatic heterocycles. The van der Waals surface area contributed by atoms with Gasteiger partial charge in [-0.2, -0.15) is 0 Å². The summed E-state index contributed by atoms with van der Waals surface area (Å²) in [4.78, 5) is 11.2. The molecule has 1 aromatic rings. The van der Waals surface area contributed by atoms with Gasteiger partial charge in [0.1, 0.15) is 0 Å². The summed E-state index contributed by atoms with van der Waals surface area (Å²) in [5, 5.41) is 12.7. The van der Waals surface area contributed by atoms with Crippen molar-refractivity contribution >= 4 is 5.91 Å². The lowest BCUT2D eigenvalue weighted by molar-refractivity contribution is -0.121. The van der Waals surface area contributed by atoms with E-state index in [1.54, 1.807) is 0 Å². The Hall–Kier alpha value is -1.35. The molecule has 0 aliphatic heterocycles. The Bertz CT molecular complexity index is 346. The topological polar surface area (TPSA) is 49.3 Å². The van der Waals surface area contributed by atoms with Gasteiger partial charge in [0, 0.05) is 13.0 Å². The van der Waals surface area contributed by atoms with Crippen molar-refractivity contribution < 1.29 is 9.90 Å². The summed E-state index contributed by atoms with van der Waals surface area (Å²) >= 11 is 0. The Labute approximate surface area is 103 Å². The molecule has 3 nitrogen and oxygen atoms in total.